The SMILES string of the molecule is CC(C)(N)CC(=O)Nc1cccc(S(N)(=O)=O)c1. The van der Waals surface area contributed by atoms with Gasteiger partial charge in [0.1, 0.15) is 0 Å². The number of benzene rings is 1. The zero-order chi connectivity index (χ0) is 14.0. The Morgan fingerprint density at radius 3 is 2.50 bits per heavy atom. The average Bonchev–Trinajstić information content (AvgIpc) is 2.13. The molecule has 5 N–H and O–H groups in total. The highest BCUT2D eigenvalue weighted by Gasteiger charge is 2.17. The standard InChI is InChI=1S/C11H17N3O3S/c1-11(2,12)7-10(15)14-8-4-3-5-9(6-8)18(13,16)17/h3-6H,7,12H2,1-2H3,(H,14,15)(H2,13,16,17). The molecule has 0 aliphatic rings. The van der Waals surface area contributed by atoms with Crippen molar-refractivity contribution < 1.29 is 13.2 Å². The lowest BCUT2D eigenvalue weighted by atomic mass is 10.0. The van der Waals surface area contributed by atoms with Gasteiger partial charge in [0.05, 0.1) is 4.90 Å². The van der Waals surface area contributed by atoms with Crippen molar-refractivity contribution in [1.82, 2.24) is 0 Å². The van der Waals surface area contributed by atoms with Crippen LogP contribution in [0.4, 0.5) is 5.69 Å². The first kappa shape index (κ1) is 14.6. The molecule has 0 saturated heterocycles. The summed E-state index contributed by atoms with van der Waals surface area (Å²) in [5.74, 6) is -0.283. The highest BCUT2D eigenvalue weighted by Crippen LogP contribution is 2.15. The van der Waals surface area contributed by atoms with Gasteiger partial charge in [-0.25, -0.2) is 13.6 Å². The minimum Gasteiger partial charge on any atom is -0.326 e. The maximum absolute atomic E-state index is 11.6. The molecule has 0 aromatic heterocycles. The molecule has 1 amide bonds. The number of primary sulfonamides is 1. The molecule has 0 aliphatic carbocycles. The Kier molecular flexibility index (Phi) is 4.10. The lowest BCUT2D eigenvalue weighted by molar-refractivity contribution is -0.117. The van der Waals surface area contributed by atoms with Gasteiger partial charge in [-0.2, -0.15) is 0 Å². The van der Waals surface area contributed by atoms with E-state index in [1.165, 1.54) is 18.2 Å². The molecule has 0 heterocycles. The molecule has 18 heavy (non-hydrogen) atoms. The number of rotatable bonds is 4. The van der Waals surface area contributed by atoms with E-state index in [1.54, 1.807) is 19.9 Å². The number of carbonyl (C=O) groups is 1. The maximum atomic E-state index is 11.6. The Morgan fingerprint density at radius 1 is 1.39 bits per heavy atom. The number of carbonyl (C=O) groups excluding carboxylic acids is 1. The second-order valence-corrected chi connectivity index (χ2v) is 6.35. The van der Waals surface area contributed by atoms with Gasteiger partial charge in [0.2, 0.25) is 15.9 Å². The van der Waals surface area contributed by atoms with Crippen LogP contribution in [0, 0.1) is 0 Å². The Morgan fingerprint density at radius 2 is 2.00 bits per heavy atom. The molecule has 0 saturated carbocycles. The molecule has 100 valence electrons. The predicted molar refractivity (Wildman–Crippen MR) is 69.3 cm³/mol. The smallest absolute Gasteiger partial charge is 0.238 e. The molecule has 1 rings (SSSR count). The molecular weight excluding hydrogens is 254 g/mol. The van der Waals surface area contributed by atoms with Crippen molar-refractivity contribution in [2.45, 2.75) is 30.7 Å². The fourth-order valence-corrected chi connectivity index (χ4v) is 1.93. The van der Waals surface area contributed by atoms with Crippen LogP contribution in [-0.4, -0.2) is 19.9 Å². The van der Waals surface area contributed by atoms with Crippen LogP contribution in [-0.2, 0) is 14.8 Å². The van der Waals surface area contributed by atoms with Gasteiger partial charge in [0.15, 0.2) is 0 Å². The third-order valence-electron chi connectivity index (χ3n) is 2.06. The zero-order valence-electron chi connectivity index (χ0n) is 10.3. The van der Waals surface area contributed by atoms with Gasteiger partial charge >= 0.3 is 0 Å². The largest absolute Gasteiger partial charge is 0.326 e. The van der Waals surface area contributed by atoms with E-state index in [4.69, 9.17) is 10.9 Å². The molecule has 0 aliphatic heterocycles. The molecule has 1 aromatic carbocycles. The van der Waals surface area contributed by atoms with Gasteiger partial charge in [-0.15, -0.1) is 0 Å². The summed E-state index contributed by atoms with van der Waals surface area (Å²) in [6.07, 6.45) is 0.132. The monoisotopic (exact) mass is 271 g/mol. The Bertz CT molecular complexity index is 547. The average molecular weight is 271 g/mol. The summed E-state index contributed by atoms with van der Waals surface area (Å²) in [7, 11) is -3.77. The molecular formula is C11H17N3O3S. The number of anilines is 1. The van der Waals surface area contributed by atoms with Gasteiger partial charge < -0.3 is 11.1 Å². The fraction of sp³-hybridized carbons (Fsp3) is 0.364. The van der Waals surface area contributed by atoms with Gasteiger partial charge in [-0.3, -0.25) is 4.79 Å². The van der Waals surface area contributed by atoms with Crippen LogP contribution < -0.4 is 16.2 Å². The van der Waals surface area contributed by atoms with E-state index in [0.29, 0.717) is 5.69 Å². The molecule has 7 heteroatoms. The molecule has 0 spiro atoms. The van der Waals surface area contributed by atoms with Crippen LogP contribution in [0.15, 0.2) is 29.2 Å². The van der Waals surface area contributed by atoms with E-state index < -0.39 is 15.6 Å². The topological polar surface area (TPSA) is 115 Å². The van der Waals surface area contributed by atoms with Crippen molar-refractivity contribution in [3.05, 3.63) is 24.3 Å². The molecule has 0 fully saturated rings. The van der Waals surface area contributed by atoms with Gasteiger partial charge in [-0.1, -0.05) is 6.07 Å². The fourth-order valence-electron chi connectivity index (χ4n) is 1.37. The normalized spacial score (nSPS) is 12.2. The molecule has 0 radical (unpaired) electrons. The number of nitrogens with two attached hydrogens (primary N) is 2. The number of sulfonamides is 1. The van der Waals surface area contributed by atoms with E-state index in [9.17, 15) is 13.2 Å². The summed E-state index contributed by atoms with van der Waals surface area (Å²) < 4.78 is 22.3. The summed E-state index contributed by atoms with van der Waals surface area (Å²) in [6.45, 7) is 3.46. The number of hydrogen-bond acceptors (Lipinski definition) is 4. The van der Waals surface area contributed by atoms with E-state index in [0.717, 1.165) is 0 Å². The van der Waals surface area contributed by atoms with Gasteiger partial charge in [-0.05, 0) is 32.0 Å². The molecule has 0 unspecified atom stereocenters. The van der Waals surface area contributed by atoms with E-state index in [-0.39, 0.29) is 17.2 Å². The second kappa shape index (κ2) is 5.05. The molecule has 1 aromatic rings. The van der Waals surface area contributed by atoms with Crippen molar-refractivity contribution in [3.63, 3.8) is 0 Å². The van der Waals surface area contributed by atoms with Gasteiger partial charge in [0.25, 0.3) is 0 Å². The van der Waals surface area contributed by atoms with Crippen molar-refractivity contribution in [2.24, 2.45) is 10.9 Å². The van der Waals surface area contributed by atoms with Crippen LogP contribution in [0.1, 0.15) is 20.3 Å². The lowest BCUT2D eigenvalue weighted by Gasteiger charge is -2.17. The molecule has 0 bridgehead atoms. The minimum absolute atomic E-state index is 0.0488. The van der Waals surface area contributed by atoms with Crippen molar-refractivity contribution >= 4 is 21.6 Å². The molecule has 6 nitrogen and oxygen atoms in total. The Labute approximate surface area is 106 Å². The van der Waals surface area contributed by atoms with Crippen LogP contribution in [0.25, 0.3) is 0 Å². The quantitative estimate of drug-likeness (QED) is 0.735. The zero-order valence-corrected chi connectivity index (χ0v) is 11.1. The van der Waals surface area contributed by atoms with Crippen molar-refractivity contribution in [1.29, 1.82) is 0 Å². The first-order chi connectivity index (χ1) is 8.08. The summed E-state index contributed by atoms with van der Waals surface area (Å²) in [6, 6.07) is 5.74. The third kappa shape index (κ3) is 4.82. The van der Waals surface area contributed by atoms with Crippen LogP contribution in [0.2, 0.25) is 0 Å². The van der Waals surface area contributed by atoms with E-state index in [1.807, 2.05) is 0 Å². The first-order valence-electron chi connectivity index (χ1n) is 5.29. The summed E-state index contributed by atoms with van der Waals surface area (Å²) in [4.78, 5) is 11.6. The first-order valence-corrected chi connectivity index (χ1v) is 6.84. The van der Waals surface area contributed by atoms with Crippen molar-refractivity contribution in [2.75, 3.05) is 5.32 Å². The Hall–Kier alpha value is -1.44. The van der Waals surface area contributed by atoms with Crippen LogP contribution >= 0.6 is 0 Å². The second-order valence-electron chi connectivity index (χ2n) is 4.79. The molecule has 0 atom stereocenters. The lowest BCUT2D eigenvalue weighted by Crippen LogP contribution is -2.36. The highest BCUT2D eigenvalue weighted by molar-refractivity contribution is 7.89. The summed E-state index contributed by atoms with van der Waals surface area (Å²) in [5, 5.41) is 7.57. The number of amides is 1. The van der Waals surface area contributed by atoms with E-state index in [2.05, 4.69) is 5.32 Å². The third-order valence-corrected chi connectivity index (χ3v) is 2.97. The van der Waals surface area contributed by atoms with Crippen LogP contribution in [0.3, 0.4) is 0 Å². The number of hydrogen-bond donors (Lipinski definition) is 3. The highest BCUT2D eigenvalue weighted by atomic mass is 32.2. The van der Waals surface area contributed by atoms with E-state index >= 15 is 0 Å². The van der Waals surface area contributed by atoms with Crippen LogP contribution in [0.5, 0.6) is 0 Å². The minimum atomic E-state index is -3.77. The summed E-state index contributed by atoms with van der Waals surface area (Å²) >= 11 is 0. The maximum Gasteiger partial charge on any atom is 0.238 e. The van der Waals surface area contributed by atoms with Gasteiger partial charge in [0, 0.05) is 17.6 Å². The number of nitrogens with one attached hydrogen (secondary N) is 1. The predicted octanol–water partition coefficient (Wildman–Crippen LogP) is 0.400. The summed E-state index contributed by atoms with van der Waals surface area (Å²) in [5.41, 5.74) is 5.46. The van der Waals surface area contributed by atoms with Crippen molar-refractivity contribution in [3.8, 4) is 0 Å². The Balaban J connectivity index is 2.84.